The van der Waals surface area contributed by atoms with Crippen LogP contribution in [-0.4, -0.2) is 9.52 Å². The quantitative estimate of drug-likeness (QED) is 0.291. The third-order valence-corrected chi connectivity index (χ3v) is 10.2. The van der Waals surface area contributed by atoms with Crippen LogP contribution in [0.2, 0.25) is 0 Å². The highest BCUT2D eigenvalue weighted by Crippen LogP contribution is 2.49. The first kappa shape index (κ1) is 25.0. The van der Waals surface area contributed by atoms with Gasteiger partial charge in [-0.05, 0) is 107 Å². The Morgan fingerprint density at radius 2 is 1.17 bits per heavy atom. The maximum atomic E-state index is 2.50. The molecule has 2 atom stereocenters. The van der Waals surface area contributed by atoms with Crippen molar-refractivity contribution < 1.29 is 0 Å². The van der Waals surface area contributed by atoms with Crippen molar-refractivity contribution in [3.05, 3.63) is 117 Å². The van der Waals surface area contributed by atoms with Crippen LogP contribution < -0.4 is 0 Å². The molecule has 0 aromatic heterocycles. The van der Waals surface area contributed by atoms with Crippen molar-refractivity contribution in [3.63, 3.8) is 0 Å². The van der Waals surface area contributed by atoms with Crippen molar-refractivity contribution >= 4 is 20.7 Å². The van der Waals surface area contributed by atoms with Gasteiger partial charge in [-0.3, -0.25) is 0 Å². The zero-order valence-electron chi connectivity index (χ0n) is 23.1. The Hall–Kier alpha value is -2.64. The lowest BCUT2D eigenvalue weighted by Gasteiger charge is -2.21. The fourth-order valence-corrected chi connectivity index (χ4v) is 8.34. The molecular weight excluding hydrogens is 448 g/mol. The van der Waals surface area contributed by atoms with Gasteiger partial charge in [-0.15, -0.1) is 0 Å². The lowest BCUT2D eigenvalue weighted by molar-refractivity contribution is 0.647. The molecule has 0 heterocycles. The fraction of sp³-hybridized carbons (Fsp3) is 0.371. The minimum atomic E-state index is 0.484. The number of hydrogen-bond acceptors (Lipinski definition) is 0. The Morgan fingerprint density at radius 3 is 1.75 bits per heavy atom. The molecular formula is C35H40Si. The Bertz CT molecular complexity index is 1340. The van der Waals surface area contributed by atoms with Gasteiger partial charge in [0.15, 0.2) is 0 Å². The summed E-state index contributed by atoms with van der Waals surface area (Å²) in [5.74, 6) is 1.35. The largest absolute Gasteiger partial charge is 0.0678 e. The van der Waals surface area contributed by atoms with Gasteiger partial charge >= 0.3 is 0 Å². The van der Waals surface area contributed by atoms with E-state index in [0.29, 0.717) is 22.9 Å². The fourth-order valence-electron chi connectivity index (χ4n) is 6.28. The van der Waals surface area contributed by atoms with Crippen molar-refractivity contribution in [2.75, 3.05) is 0 Å². The summed E-state index contributed by atoms with van der Waals surface area (Å²) >= 11 is 0. The van der Waals surface area contributed by atoms with E-state index in [2.05, 4.69) is 115 Å². The monoisotopic (exact) mass is 488 g/mol. The van der Waals surface area contributed by atoms with Gasteiger partial charge in [0.25, 0.3) is 0 Å². The van der Waals surface area contributed by atoms with Gasteiger partial charge in [-0.1, -0.05) is 106 Å². The number of hydrogen-bond donors (Lipinski definition) is 0. The predicted molar refractivity (Wildman–Crippen MR) is 158 cm³/mol. The van der Waals surface area contributed by atoms with Crippen molar-refractivity contribution in [1.82, 2.24) is 0 Å². The molecule has 0 fully saturated rings. The van der Waals surface area contributed by atoms with Gasteiger partial charge in [0.2, 0.25) is 0 Å². The summed E-state index contributed by atoms with van der Waals surface area (Å²) in [7, 11) is 0.821. The molecule has 0 nitrogen and oxygen atoms in total. The van der Waals surface area contributed by atoms with Crippen LogP contribution in [-0.2, 0) is 12.8 Å². The average molecular weight is 489 g/mol. The number of rotatable bonds is 7. The van der Waals surface area contributed by atoms with Crippen LogP contribution in [0.4, 0.5) is 0 Å². The normalized spacial score (nSPS) is 19.0. The number of allylic oxidation sites excluding steroid dienone is 3. The second-order valence-corrected chi connectivity index (χ2v) is 13.3. The summed E-state index contributed by atoms with van der Waals surface area (Å²) in [6.07, 6.45) is 2.29. The zero-order valence-corrected chi connectivity index (χ0v) is 24.1. The first-order chi connectivity index (χ1) is 17.2. The molecule has 0 N–H and O–H groups in total. The van der Waals surface area contributed by atoms with E-state index < -0.39 is 0 Å². The van der Waals surface area contributed by atoms with E-state index >= 15 is 0 Å². The summed E-state index contributed by atoms with van der Waals surface area (Å²) in [5, 5.41) is 0. The minimum absolute atomic E-state index is 0.484. The zero-order chi connectivity index (χ0) is 25.6. The molecule has 0 spiro atoms. The summed E-state index contributed by atoms with van der Waals surface area (Å²) in [6, 6.07) is 25.7. The minimum Gasteiger partial charge on any atom is -0.0655 e. The molecule has 0 saturated carbocycles. The molecule has 2 radical (unpaired) electrons. The van der Waals surface area contributed by atoms with Crippen LogP contribution in [0.5, 0.6) is 0 Å². The standard InChI is InChI=1S/C35H40Si/c1-21(2)17-26-13-15-29-31(19-26)23(5)24(6)34(29)36-35-25(7)33(28-11-9-8-10-12-28)32-20-27(18-22(3)4)14-16-30(32)35/h8-16,19-22,34-35H,17-18H2,1-7H3. The Labute approximate surface area is 221 Å². The SMILES string of the molecule is CC1=C(C)C([Si]C2C(C)=C(c3ccccc3)c3cc(CC(C)C)ccc32)c2ccc(CC(C)C)cc21. The van der Waals surface area contributed by atoms with E-state index in [1.54, 1.807) is 16.7 Å². The molecule has 1 heteroatoms. The second kappa shape index (κ2) is 10.0. The maximum absolute atomic E-state index is 2.50. The highest BCUT2D eigenvalue weighted by molar-refractivity contribution is 6.44. The Balaban J connectivity index is 1.55. The molecule has 5 rings (SSSR count). The van der Waals surface area contributed by atoms with Crippen molar-refractivity contribution in [2.24, 2.45) is 11.8 Å². The van der Waals surface area contributed by atoms with Crippen LogP contribution in [0, 0.1) is 11.8 Å². The molecule has 3 aromatic rings. The smallest absolute Gasteiger partial charge is 0.0655 e. The van der Waals surface area contributed by atoms with Crippen LogP contribution in [0.15, 0.2) is 77.9 Å². The first-order valence-electron chi connectivity index (χ1n) is 13.7. The lowest BCUT2D eigenvalue weighted by atomic mass is 9.94. The Morgan fingerprint density at radius 1 is 0.639 bits per heavy atom. The molecule has 0 aliphatic heterocycles. The molecule has 184 valence electrons. The van der Waals surface area contributed by atoms with Gasteiger partial charge in [-0.25, -0.2) is 0 Å². The lowest BCUT2D eigenvalue weighted by Crippen LogP contribution is -2.17. The van der Waals surface area contributed by atoms with Gasteiger partial charge in [0, 0.05) is 0 Å². The summed E-state index contributed by atoms with van der Waals surface area (Å²) in [5.41, 5.74) is 17.5. The van der Waals surface area contributed by atoms with Crippen LogP contribution in [0.1, 0.15) is 98.5 Å². The van der Waals surface area contributed by atoms with E-state index in [9.17, 15) is 0 Å². The van der Waals surface area contributed by atoms with Gasteiger partial charge in [-0.2, -0.15) is 0 Å². The molecule has 36 heavy (non-hydrogen) atoms. The molecule has 0 saturated heterocycles. The van der Waals surface area contributed by atoms with Crippen molar-refractivity contribution in [2.45, 2.75) is 72.4 Å². The molecule has 3 aromatic carbocycles. The van der Waals surface area contributed by atoms with Gasteiger partial charge < -0.3 is 0 Å². The number of benzene rings is 3. The van der Waals surface area contributed by atoms with Crippen molar-refractivity contribution in [3.8, 4) is 0 Å². The van der Waals surface area contributed by atoms with Crippen LogP contribution in [0.25, 0.3) is 11.1 Å². The molecule has 2 unspecified atom stereocenters. The average Bonchev–Trinajstić information content (AvgIpc) is 3.24. The van der Waals surface area contributed by atoms with E-state index in [1.807, 2.05) is 0 Å². The summed E-state index contributed by atoms with van der Waals surface area (Å²) in [4.78, 5) is 0. The summed E-state index contributed by atoms with van der Waals surface area (Å²) < 4.78 is 0. The van der Waals surface area contributed by atoms with E-state index in [-0.39, 0.29) is 0 Å². The summed E-state index contributed by atoms with van der Waals surface area (Å²) in [6.45, 7) is 16.4. The first-order valence-corrected chi connectivity index (χ1v) is 14.9. The Kier molecular flexibility index (Phi) is 6.96. The molecule has 0 amide bonds. The molecule has 2 aliphatic rings. The molecule has 2 aliphatic carbocycles. The van der Waals surface area contributed by atoms with Crippen LogP contribution >= 0.6 is 0 Å². The van der Waals surface area contributed by atoms with E-state index in [4.69, 9.17) is 0 Å². The molecule has 0 bridgehead atoms. The second-order valence-electron chi connectivity index (χ2n) is 11.8. The third-order valence-electron chi connectivity index (χ3n) is 8.07. The van der Waals surface area contributed by atoms with Gasteiger partial charge in [0.1, 0.15) is 0 Å². The van der Waals surface area contributed by atoms with E-state index in [1.165, 1.54) is 44.5 Å². The van der Waals surface area contributed by atoms with Crippen LogP contribution in [0.3, 0.4) is 0 Å². The predicted octanol–water partition coefficient (Wildman–Crippen LogP) is 9.21. The topological polar surface area (TPSA) is 0 Å². The maximum Gasteiger partial charge on any atom is 0.0678 e. The third kappa shape index (κ3) is 4.59. The number of fused-ring (bicyclic) bond motifs is 2. The highest BCUT2D eigenvalue weighted by Gasteiger charge is 2.36. The van der Waals surface area contributed by atoms with Gasteiger partial charge in [0.05, 0.1) is 9.52 Å². The van der Waals surface area contributed by atoms with Crippen molar-refractivity contribution in [1.29, 1.82) is 0 Å². The highest BCUT2D eigenvalue weighted by atomic mass is 28.2. The van der Waals surface area contributed by atoms with E-state index in [0.717, 1.165) is 22.4 Å².